The van der Waals surface area contributed by atoms with Crippen molar-refractivity contribution in [1.82, 2.24) is 0 Å². The number of hydrogen-bond donors (Lipinski definition) is 2. The van der Waals surface area contributed by atoms with Crippen molar-refractivity contribution in [3.63, 3.8) is 0 Å². The number of ether oxygens (including phenoxy) is 1. The quantitative estimate of drug-likeness (QED) is 0.640. The number of halogens is 2. The average molecular weight is 350 g/mol. The van der Waals surface area contributed by atoms with Gasteiger partial charge in [-0.05, 0) is 35.7 Å². The molecule has 0 bridgehead atoms. The summed E-state index contributed by atoms with van der Waals surface area (Å²) in [6, 6.07) is 3.55. The van der Waals surface area contributed by atoms with Crippen LogP contribution in [0.15, 0.2) is 24.3 Å². The highest BCUT2D eigenvalue weighted by Gasteiger charge is 2.25. The van der Waals surface area contributed by atoms with Gasteiger partial charge in [-0.1, -0.05) is 6.92 Å². The Balaban J connectivity index is 2.67. The van der Waals surface area contributed by atoms with Crippen molar-refractivity contribution in [1.29, 1.82) is 0 Å². The number of phenolic OH excluding ortho intramolecular Hbond substituents is 2. The molecule has 0 fully saturated rings. The lowest BCUT2D eigenvalue weighted by atomic mass is 9.90. The highest BCUT2D eigenvalue weighted by Crippen LogP contribution is 2.35. The van der Waals surface area contributed by atoms with Crippen molar-refractivity contribution < 1.29 is 33.3 Å². The van der Waals surface area contributed by atoms with Gasteiger partial charge in [0, 0.05) is 11.6 Å². The van der Waals surface area contributed by atoms with Crippen molar-refractivity contribution in [2.24, 2.45) is 0 Å². The molecule has 0 saturated carbocycles. The number of benzene rings is 2. The molecule has 0 atom stereocenters. The fraction of sp³-hybridized carbons (Fsp3) is 0.222. The molecule has 0 radical (unpaired) electrons. The minimum atomic E-state index is -1.21. The lowest BCUT2D eigenvalue weighted by Crippen LogP contribution is -2.14. The fourth-order valence-corrected chi connectivity index (χ4v) is 2.59. The van der Waals surface area contributed by atoms with E-state index in [1.807, 2.05) is 0 Å². The molecule has 7 heteroatoms. The van der Waals surface area contributed by atoms with E-state index in [9.17, 15) is 28.6 Å². The number of hydrogen-bond acceptors (Lipinski definition) is 5. The first kappa shape index (κ1) is 18.4. The van der Waals surface area contributed by atoms with Crippen molar-refractivity contribution in [3.05, 3.63) is 58.2 Å². The zero-order valence-electron chi connectivity index (χ0n) is 13.6. The Hall–Kier alpha value is -2.96. The molecule has 0 saturated heterocycles. The van der Waals surface area contributed by atoms with Gasteiger partial charge in [0.1, 0.15) is 11.5 Å². The molecule has 132 valence electrons. The molecule has 2 aromatic rings. The summed E-state index contributed by atoms with van der Waals surface area (Å²) in [6.07, 6.45) is -0.0944. The van der Waals surface area contributed by atoms with Gasteiger partial charge in [0.15, 0.2) is 17.4 Å². The Morgan fingerprint density at radius 2 is 1.72 bits per heavy atom. The molecule has 0 spiro atoms. The number of carbonyl (C=O) groups excluding carboxylic acids is 2. The van der Waals surface area contributed by atoms with Gasteiger partial charge in [0.2, 0.25) is 0 Å². The number of esters is 1. The van der Waals surface area contributed by atoms with E-state index in [0.29, 0.717) is 6.07 Å². The van der Waals surface area contributed by atoms with E-state index in [1.165, 1.54) is 0 Å². The van der Waals surface area contributed by atoms with Crippen molar-refractivity contribution in [2.45, 2.75) is 19.8 Å². The zero-order valence-corrected chi connectivity index (χ0v) is 13.6. The second-order valence-corrected chi connectivity index (χ2v) is 5.31. The molecule has 0 unspecified atom stereocenters. The van der Waals surface area contributed by atoms with Gasteiger partial charge in [0.05, 0.1) is 19.1 Å². The van der Waals surface area contributed by atoms with E-state index in [4.69, 9.17) is 0 Å². The van der Waals surface area contributed by atoms with Crippen LogP contribution in [-0.4, -0.2) is 29.1 Å². The van der Waals surface area contributed by atoms with Crippen LogP contribution in [0.1, 0.15) is 34.0 Å². The third kappa shape index (κ3) is 3.60. The Morgan fingerprint density at radius 3 is 2.28 bits per heavy atom. The SMILES string of the molecule is CCc1c(O)cc(O)c(C(=O)c2ccc(F)c(F)c2)c1CC(=O)OC. The highest BCUT2D eigenvalue weighted by molar-refractivity contribution is 6.12. The molecule has 0 heterocycles. The first-order chi connectivity index (χ1) is 11.8. The maximum absolute atomic E-state index is 13.4. The molecule has 0 aromatic heterocycles. The van der Waals surface area contributed by atoms with Crippen LogP contribution in [0.5, 0.6) is 11.5 Å². The maximum Gasteiger partial charge on any atom is 0.310 e. The van der Waals surface area contributed by atoms with Gasteiger partial charge in [-0.2, -0.15) is 0 Å². The minimum absolute atomic E-state index is 0.0848. The second kappa shape index (κ2) is 7.29. The van der Waals surface area contributed by atoms with Crippen LogP contribution >= 0.6 is 0 Å². The Morgan fingerprint density at radius 1 is 1.04 bits per heavy atom. The number of aromatic hydroxyl groups is 2. The molecular formula is C18H16F2O5. The largest absolute Gasteiger partial charge is 0.508 e. The number of ketones is 1. The van der Waals surface area contributed by atoms with Crippen LogP contribution in [0.3, 0.4) is 0 Å². The summed E-state index contributed by atoms with van der Waals surface area (Å²) in [5.74, 6) is -4.65. The molecule has 0 aliphatic rings. The van der Waals surface area contributed by atoms with Crippen LogP contribution in [-0.2, 0) is 22.4 Å². The number of rotatable bonds is 5. The molecule has 2 N–H and O–H groups in total. The van der Waals surface area contributed by atoms with E-state index in [-0.39, 0.29) is 40.8 Å². The van der Waals surface area contributed by atoms with Gasteiger partial charge in [-0.25, -0.2) is 8.78 Å². The summed E-state index contributed by atoms with van der Waals surface area (Å²) in [5.41, 5.74) is -0.0881. The van der Waals surface area contributed by atoms with Gasteiger partial charge in [0.25, 0.3) is 0 Å². The van der Waals surface area contributed by atoms with Crippen LogP contribution in [0.25, 0.3) is 0 Å². The molecule has 0 amide bonds. The predicted molar refractivity (Wildman–Crippen MR) is 84.7 cm³/mol. The molecule has 5 nitrogen and oxygen atoms in total. The second-order valence-electron chi connectivity index (χ2n) is 5.31. The minimum Gasteiger partial charge on any atom is -0.508 e. The zero-order chi connectivity index (χ0) is 18.7. The van der Waals surface area contributed by atoms with E-state index < -0.39 is 29.1 Å². The highest BCUT2D eigenvalue weighted by atomic mass is 19.2. The number of phenols is 2. The summed E-state index contributed by atoms with van der Waals surface area (Å²) in [6.45, 7) is 1.69. The standard InChI is InChI=1S/C18H16F2O5/c1-3-10-11(7-16(23)25-2)17(15(22)8-14(10)21)18(24)9-4-5-12(19)13(20)6-9/h4-6,8,21-22H,3,7H2,1-2H3. The average Bonchev–Trinajstić information content (AvgIpc) is 2.56. The lowest BCUT2D eigenvalue weighted by Gasteiger charge is -2.16. The fourth-order valence-electron chi connectivity index (χ4n) is 2.59. The van der Waals surface area contributed by atoms with Gasteiger partial charge >= 0.3 is 5.97 Å². The Bertz CT molecular complexity index is 846. The first-order valence-electron chi connectivity index (χ1n) is 7.43. The normalized spacial score (nSPS) is 10.6. The van der Waals surface area contributed by atoms with E-state index in [2.05, 4.69) is 4.74 Å². The maximum atomic E-state index is 13.4. The summed E-state index contributed by atoms with van der Waals surface area (Å²) < 4.78 is 31.1. The van der Waals surface area contributed by atoms with E-state index >= 15 is 0 Å². The summed E-state index contributed by atoms with van der Waals surface area (Å²) in [5, 5.41) is 20.1. The van der Waals surface area contributed by atoms with Crippen molar-refractivity contribution in [3.8, 4) is 11.5 Å². The van der Waals surface area contributed by atoms with Gasteiger partial charge in [-0.3, -0.25) is 9.59 Å². The summed E-state index contributed by atoms with van der Waals surface area (Å²) in [4.78, 5) is 24.4. The summed E-state index contributed by atoms with van der Waals surface area (Å²) >= 11 is 0. The monoisotopic (exact) mass is 350 g/mol. The predicted octanol–water partition coefficient (Wildman–Crippen LogP) is 2.88. The van der Waals surface area contributed by atoms with E-state index in [1.54, 1.807) is 6.92 Å². The van der Waals surface area contributed by atoms with Crippen LogP contribution < -0.4 is 0 Å². The summed E-state index contributed by atoms with van der Waals surface area (Å²) in [7, 11) is 1.16. The third-order valence-electron chi connectivity index (χ3n) is 3.82. The first-order valence-corrected chi connectivity index (χ1v) is 7.43. The molecular weight excluding hydrogens is 334 g/mol. The topological polar surface area (TPSA) is 83.8 Å². The number of methoxy groups -OCH3 is 1. The molecule has 2 aromatic carbocycles. The Kier molecular flexibility index (Phi) is 5.36. The van der Waals surface area contributed by atoms with Gasteiger partial charge < -0.3 is 14.9 Å². The molecule has 2 rings (SSSR count). The lowest BCUT2D eigenvalue weighted by molar-refractivity contribution is -0.139. The van der Waals surface area contributed by atoms with Crippen LogP contribution in [0.4, 0.5) is 8.78 Å². The van der Waals surface area contributed by atoms with E-state index in [0.717, 1.165) is 25.3 Å². The molecule has 0 aliphatic heterocycles. The van der Waals surface area contributed by atoms with Crippen LogP contribution in [0.2, 0.25) is 0 Å². The molecule has 25 heavy (non-hydrogen) atoms. The smallest absolute Gasteiger partial charge is 0.310 e. The Labute approximate surface area is 142 Å². The van der Waals surface area contributed by atoms with Crippen molar-refractivity contribution >= 4 is 11.8 Å². The molecule has 0 aliphatic carbocycles. The van der Waals surface area contributed by atoms with Gasteiger partial charge in [-0.15, -0.1) is 0 Å². The number of carbonyl (C=O) groups is 2. The van der Waals surface area contributed by atoms with Crippen LogP contribution in [0, 0.1) is 11.6 Å². The third-order valence-corrected chi connectivity index (χ3v) is 3.82. The van der Waals surface area contributed by atoms with Crippen molar-refractivity contribution in [2.75, 3.05) is 7.11 Å².